The molecule has 5 nitrogen and oxygen atoms in total. The fourth-order valence-corrected chi connectivity index (χ4v) is 2.19. The molecule has 1 aromatic rings. The molecule has 1 rings (SSSR count). The van der Waals surface area contributed by atoms with Crippen LogP contribution < -0.4 is 10.6 Å². The molecular formula is C17H25F3N4O. The van der Waals surface area contributed by atoms with Crippen LogP contribution in [0.2, 0.25) is 0 Å². The average Bonchev–Trinajstić information content (AvgIpc) is 2.58. The Morgan fingerprint density at radius 3 is 2.20 bits per heavy atom. The highest BCUT2D eigenvalue weighted by atomic mass is 19.4. The molecule has 2 N–H and O–H groups in total. The first-order valence-electron chi connectivity index (χ1n) is 8.20. The molecule has 0 spiro atoms. The zero-order chi connectivity index (χ0) is 18.9. The maximum atomic E-state index is 12.2. The van der Waals surface area contributed by atoms with E-state index in [1.54, 1.807) is 17.0 Å². The molecule has 0 aliphatic carbocycles. The summed E-state index contributed by atoms with van der Waals surface area (Å²) in [6, 6.07) is 7.12. The van der Waals surface area contributed by atoms with Crippen molar-refractivity contribution in [2.24, 2.45) is 4.99 Å². The van der Waals surface area contributed by atoms with Crippen LogP contribution in [-0.4, -0.2) is 49.6 Å². The highest BCUT2D eigenvalue weighted by molar-refractivity contribution is 5.94. The maximum Gasteiger partial charge on any atom is 0.390 e. The topological polar surface area (TPSA) is 56.7 Å². The summed E-state index contributed by atoms with van der Waals surface area (Å²) in [5, 5.41) is 5.56. The Morgan fingerprint density at radius 2 is 1.72 bits per heavy atom. The number of benzene rings is 1. The van der Waals surface area contributed by atoms with Crippen molar-refractivity contribution in [3.8, 4) is 0 Å². The normalized spacial score (nSPS) is 12.0. The van der Waals surface area contributed by atoms with Gasteiger partial charge < -0.3 is 15.5 Å². The zero-order valence-electron chi connectivity index (χ0n) is 14.8. The number of carbonyl (C=O) groups is 1. The van der Waals surface area contributed by atoms with E-state index in [1.807, 2.05) is 26.0 Å². The minimum atomic E-state index is -4.20. The summed E-state index contributed by atoms with van der Waals surface area (Å²) in [6.07, 6.45) is -5.12. The first-order chi connectivity index (χ1) is 11.8. The van der Waals surface area contributed by atoms with Crippen LogP contribution in [0.1, 0.15) is 36.2 Å². The number of carbonyl (C=O) groups excluding carboxylic acids is 1. The molecule has 1 amide bonds. The summed E-state index contributed by atoms with van der Waals surface area (Å²) in [7, 11) is 1.49. The van der Waals surface area contributed by atoms with Crippen LogP contribution in [0.15, 0.2) is 29.3 Å². The molecule has 8 heteroatoms. The molecule has 0 aromatic heterocycles. The van der Waals surface area contributed by atoms with E-state index >= 15 is 0 Å². The molecule has 0 radical (unpaired) electrons. The second-order valence-corrected chi connectivity index (χ2v) is 5.39. The zero-order valence-corrected chi connectivity index (χ0v) is 14.8. The molecule has 1 aromatic carbocycles. The Hall–Kier alpha value is -2.25. The summed E-state index contributed by atoms with van der Waals surface area (Å²) in [4.78, 5) is 17.8. The SMILES string of the molecule is CCN(CC)C(=O)c1ccc(CNC(=NC)NCCC(F)(F)F)cc1. The third kappa shape index (κ3) is 7.45. The largest absolute Gasteiger partial charge is 0.390 e. The maximum absolute atomic E-state index is 12.2. The van der Waals surface area contributed by atoms with Gasteiger partial charge in [-0.3, -0.25) is 9.79 Å². The van der Waals surface area contributed by atoms with E-state index in [0.29, 0.717) is 31.2 Å². The lowest BCUT2D eigenvalue weighted by atomic mass is 10.1. The molecule has 0 saturated carbocycles. The van der Waals surface area contributed by atoms with E-state index in [-0.39, 0.29) is 12.5 Å². The lowest BCUT2D eigenvalue weighted by Crippen LogP contribution is -2.38. The van der Waals surface area contributed by atoms with E-state index in [2.05, 4.69) is 15.6 Å². The summed E-state index contributed by atoms with van der Waals surface area (Å²) in [5.41, 5.74) is 1.51. The highest BCUT2D eigenvalue weighted by Gasteiger charge is 2.26. The highest BCUT2D eigenvalue weighted by Crippen LogP contribution is 2.18. The Morgan fingerprint density at radius 1 is 1.12 bits per heavy atom. The minimum Gasteiger partial charge on any atom is -0.356 e. The van der Waals surface area contributed by atoms with Crippen LogP contribution in [0.5, 0.6) is 0 Å². The third-order valence-electron chi connectivity index (χ3n) is 3.64. The number of halogens is 3. The molecule has 25 heavy (non-hydrogen) atoms. The molecule has 0 heterocycles. The van der Waals surface area contributed by atoms with Crippen LogP contribution in [0, 0.1) is 0 Å². The first-order valence-corrected chi connectivity index (χ1v) is 8.20. The van der Waals surface area contributed by atoms with Crippen molar-refractivity contribution in [3.63, 3.8) is 0 Å². The molecular weight excluding hydrogens is 333 g/mol. The van der Waals surface area contributed by atoms with Crippen molar-refractivity contribution in [1.82, 2.24) is 15.5 Å². The van der Waals surface area contributed by atoms with Gasteiger partial charge >= 0.3 is 6.18 Å². The molecule has 0 aliphatic rings. The van der Waals surface area contributed by atoms with Gasteiger partial charge in [0.2, 0.25) is 0 Å². The molecule has 0 fully saturated rings. The van der Waals surface area contributed by atoms with Crippen LogP contribution in [0.3, 0.4) is 0 Å². The van der Waals surface area contributed by atoms with Gasteiger partial charge in [-0.1, -0.05) is 12.1 Å². The van der Waals surface area contributed by atoms with Gasteiger partial charge in [-0.25, -0.2) is 0 Å². The smallest absolute Gasteiger partial charge is 0.356 e. The number of hydrogen-bond donors (Lipinski definition) is 2. The van der Waals surface area contributed by atoms with Crippen molar-refractivity contribution in [2.45, 2.75) is 33.0 Å². The third-order valence-corrected chi connectivity index (χ3v) is 3.64. The molecule has 0 saturated heterocycles. The number of nitrogens with one attached hydrogen (secondary N) is 2. The van der Waals surface area contributed by atoms with Gasteiger partial charge in [0.1, 0.15) is 0 Å². The van der Waals surface area contributed by atoms with Gasteiger partial charge in [0.25, 0.3) is 5.91 Å². The Bertz CT molecular complexity index is 566. The van der Waals surface area contributed by atoms with E-state index in [0.717, 1.165) is 5.56 Å². The number of nitrogens with zero attached hydrogens (tertiary/aromatic N) is 2. The van der Waals surface area contributed by atoms with Gasteiger partial charge in [0.15, 0.2) is 5.96 Å². The van der Waals surface area contributed by atoms with Crippen molar-refractivity contribution >= 4 is 11.9 Å². The van der Waals surface area contributed by atoms with Gasteiger partial charge in [-0.05, 0) is 31.5 Å². The van der Waals surface area contributed by atoms with E-state index < -0.39 is 12.6 Å². The fraction of sp³-hybridized carbons (Fsp3) is 0.529. The molecule has 0 unspecified atom stereocenters. The summed E-state index contributed by atoms with van der Waals surface area (Å²) in [5.74, 6) is 0.279. The number of hydrogen-bond acceptors (Lipinski definition) is 2. The summed E-state index contributed by atoms with van der Waals surface area (Å²) < 4.78 is 36.4. The van der Waals surface area contributed by atoms with E-state index in [9.17, 15) is 18.0 Å². The monoisotopic (exact) mass is 358 g/mol. The number of guanidine groups is 1. The first kappa shape index (κ1) is 20.8. The Labute approximate surface area is 146 Å². The number of rotatable bonds is 7. The average molecular weight is 358 g/mol. The number of amides is 1. The lowest BCUT2D eigenvalue weighted by molar-refractivity contribution is -0.132. The Kier molecular flexibility index (Phi) is 8.24. The van der Waals surface area contributed by atoms with Crippen LogP contribution in [-0.2, 0) is 6.54 Å². The predicted molar refractivity (Wildman–Crippen MR) is 92.6 cm³/mol. The van der Waals surface area contributed by atoms with E-state index in [1.165, 1.54) is 7.05 Å². The predicted octanol–water partition coefficient (Wildman–Crippen LogP) is 2.79. The summed E-state index contributed by atoms with van der Waals surface area (Å²) in [6.45, 7) is 5.32. The van der Waals surface area contributed by atoms with Gasteiger partial charge in [-0.2, -0.15) is 13.2 Å². The minimum absolute atomic E-state index is 0.0193. The van der Waals surface area contributed by atoms with Crippen LogP contribution in [0.25, 0.3) is 0 Å². The van der Waals surface area contributed by atoms with Gasteiger partial charge in [0, 0.05) is 38.8 Å². The number of aliphatic imine (C=N–C) groups is 1. The van der Waals surface area contributed by atoms with Gasteiger partial charge in [0.05, 0.1) is 6.42 Å². The molecule has 0 atom stereocenters. The van der Waals surface area contributed by atoms with Crippen LogP contribution in [0.4, 0.5) is 13.2 Å². The van der Waals surface area contributed by atoms with E-state index in [4.69, 9.17) is 0 Å². The van der Waals surface area contributed by atoms with Crippen molar-refractivity contribution in [2.75, 3.05) is 26.7 Å². The second kappa shape index (κ2) is 9.90. The quantitative estimate of drug-likeness (QED) is 0.582. The van der Waals surface area contributed by atoms with Gasteiger partial charge in [-0.15, -0.1) is 0 Å². The molecule has 0 aliphatic heterocycles. The standard InChI is InChI=1S/C17H25F3N4O/c1-4-24(5-2)15(25)14-8-6-13(7-9-14)12-23-16(21-3)22-11-10-17(18,19)20/h6-9H,4-5,10-12H2,1-3H3,(H2,21,22,23). The number of alkyl halides is 3. The van der Waals surface area contributed by atoms with Crippen molar-refractivity contribution in [1.29, 1.82) is 0 Å². The van der Waals surface area contributed by atoms with Crippen molar-refractivity contribution in [3.05, 3.63) is 35.4 Å². The Balaban J connectivity index is 2.53. The molecule has 140 valence electrons. The second-order valence-electron chi connectivity index (χ2n) is 5.39. The lowest BCUT2D eigenvalue weighted by Gasteiger charge is -2.18. The molecule has 0 bridgehead atoms. The summed E-state index contributed by atoms with van der Waals surface area (Å²) >= 11 is 0. The fourth-order valence-electron chi connectivity index (χ4n) is 2.19. The van der Waals surface area contributed by atoms with Crippen LogP contribution >= 0.6 is 0 Å². The van der Waals surface area contributed by atoms with Crippen molar-refractivity contribution < 1.29 is 18.0 Å².